The number of aryl methyl sites for hydroxylation is 2. The first-order valence-corrected chi connectivity index (χ1v) is 12.8. The van der Waals surface area contributed by atoms with E-state index in [1.165, 1.54) is 48.6 Å². The summed E-state index contributed by atoms with van der Waals surface area (Å²) >= 11 is 0. The molecule has 3 aromatic rings. The zero-order valence-corrected chi connectivity index (χ0v) is 23.3. The first-order chi connectivity index (χ1) is 17.0. The second-order valence-electron chi connectivity index (χ2n) is 9.60. The number of rotatable bonds is 7. The van der Waals surface area contributed by atoms with Crippen LogP contribution in [0.25, 0.3) is 0 Å². The van der Waals surface area contributed by atoms with E-state index in [4.69, 9.17) is 0 Å². The maximum absolute atomic E-state index is 11.6. The van der Waals surface area contributed by atoms with Gasteiger partial charge in [0.15, 0.2) is 17.3 Å². The molecular formula is C33H42O3. The van der Waals surface area contributed by atoms with Gasteiger partial charge in [-0.3, -0.25) is 14.4 Å². The Morgan fingerprint density at radius 1 is 0.667 bits per heavy atom. The van der Waals surface area contributed by atoms with E-state index < -0.39 is 0 Å². The first kappa shape index (κ1) is 30.7. The molecule has 0 heterocycles. The van der Waals surface area contributed by atoms with Gasteiger partial charge in [-0.15, -0.1) is 0 Å². The topological polar surface area (TPSA) is 51.2 Å². The highest BCUT2D eigenvalue weighted by Gasteiger charge is 2.14. The van der Waals surface area contributed by atoms with E-state index in [0.29, 0.717) is 23.1 Å². The summed E-state index contributed by atoms with van der Waals surface area (Å²) in [5, 5.41) is 0. The molecule has 0 bridgehead atoms. The minimum absolute atomic E-state index is 0.0831. The van der Waals surface area contributed by atoms with E-state index in [1.807, 2.05) is 0 Å². The van der Waals surface area contributed by atoms with Crippen molar-refractivity contribution in [2.45, 2.75) is 74.7 Å². The molecule has 0 saturated heterocycles. The van der Waals surface area contributed by atoms with Crippen LogP contribution >= 0.6 is 0 Å². The molecule has 0 aliphatic rings. The molecule has 0 N–H and O–H groups in total. The Morgan fingerprint density at radius 2 is 1.11 bits per heavy atom. The van der Waals surface area contributed by atoms with Crippen molar-refractivity contribution in [3.05, 3.63) is 106 Å². The summed E-state index contributed by atoms with van der Waals surface area (Å²) in [7, 11) is 0. The summed E-state index contributed by atoms with van der Waals surface area (Å²) in [4.78, 5) is 34.2. The van der Waals surface area contributed by atoms with Crippen LogP contribution in [0.15, 0.2) is 66.7 Å². The molecule has 36 heavy (non-hydrogen) atoms. The van der Waals surface area contributed by atoms with Gasteiger partial charge in [0.05, 0.1) is 0 Å². The summed E-state index contributed by atoms with van der Waals surface area (Å²) in [5.74, 6) is 0.494. The zero-order chi connectivity index (χ0) is 27.3. The van der Waals surface area contributed by atoms with E-state index in [-0.39, 0.29) is 17.3 Å². The van der Waals surface area contributed by atoms with Gasteiger partial charge >= 0.3 is 0 Å². The lowest BCUT2D eigenvalue weighted by molar-refractivity contribution is 0.0964. The largest absolute Gasteiger partial charge is 0.295 e. The van der Waals surface area contributed by atoms with Crippen molar-refractivity contribution < 1.29 is 14.4 Å². The van der Waals surface area contributed by atoms with Gasteiger partial charge in [0.1, 0.15) is 0 Å². The molecule has 0 fully saturated rings. The van der Waals surface area contributed by atoms with Gasteiger partial charge in [-0.2, -0.15) is 0 Å². The van der Waals surface area contributed by atoms with Crippen LogP contribution in [-0.4, -0.2) is 17.3 Å². The lowest BCUT2D eigenvalue weighted by Gasteiger charge is -2.06. The monoisotopic (exact) mass is 486 g/mol. The summed E-state index contributed by atoms with van der Waals surface area (Å²) in [5.41, 5.74) is 6.59. The van der Waals surface area contributed by atoms with Crippen LogP contribution in [0.3, 0.4) is 0 Å². The van der Waals surface area contributed by atoms with Gasteiger partial charge in [0.25, 0.3) is 0 Å². The molecule has 3 nitrogen and oxygen atoms in total. The number of Topliss-reactive ketones (excluding diaryl/α,β-unsaturated/α-hetero) is 3. The maximum Gasteiger partial charge on any atom is 0.163 e. The van der Waals surface area contributed by atoms with Crippen molar-refractivity contribution in [3.63, 3.8) is 0 Å². The van der Waals surface area contributed by atoms with Crippen LogP contribution < -0.4 is 0 Å². The Hall–Kier alpha value is -3.33. The fourth-order valence-corrected chi connectivity index (χ4v) is 3.14. The third-order valence-corrected chi connectivity index (χ3v) is 5.89. The second-order valence-corrected chi connectivity index (χ2v) is 9.60. The Morgan fingerprint density at radius 3 is 1.44 bits per heavy atom. The molecule has 0 saturated carbocycles. The number of ketones is 3. The molecule has 0 amide bonds. The van der Waals surface area contributed by atoms with Gasteiger partial charge in [0, 0.05) is 23.1 Å². The lowest BCUT2D eigenvalue weighted by atomic mass is 9.96. The lowest BCUT2D eigenvalue weighted by Crippen LogP contribution is -2.08. The number of benzene rings is 3. The van der Waals surface area contributed by atoms with Crippen LogP contribution in [0.5, 0.6) is 0 Å². The SMILES string of the molecule is CCC(=O)c1ccc(C(C)=O)cc1C(C)=O.CCC(C)C.Cc1ccc(Cc2ccc(C)cc2)cc1. The summed E-state index contributed by atoms with van der Waals surface area (Å²) in [6.07, 6.45) is 2.68. The average molecular weight is 487 g/mol. The highest BCUT2D eigenvalue weighted by molar-refractivity contribution is 6.09. The van der Waals surface area contributed by atoms with Gasteiger partial charge in [-0.05, 0) is 63.3 Å². The van der Waals surface area contributed by atoms with E-state index in [0.717, 1.165) is 12.3 Å². The smallest absolute Gasteiger partial charge is 0.163 e. The van der Waals surface area contributed by atoms with Gasteiger partial charge < -0.3 is 0 Å². The standard InChI is InChI=1S/C15H16.C13H14O3.C5H12/c1-12-3-7-14(8-4-12)11-15-9-5-13(2)6-10-15;1-4-13(16)11-6-5-10(8(2)14)7-12(11)9(3)15;1-4-5(2)3/h3-10H,11H2,1-2H3;5-7H,4H2,1-3H3;5H,4H2,1-3H3. The van der Waals surface area contributed by atoms with Crippen molar-refractivity contribution in [1.82, 2.24) is 0 Å². The molecule has 3 rings (SSSR count). The first-order valence-electron chi connectivity index (χ1n) is 12.8. The van der Waals surface area contributed by atoms with Gasteiger partial charge in [-0.25, -0.2) is 0 Å². The van der Waals surface area contributed by atoms with Crippen LogP contribution in [0.1, 0.15) is 108 Å². The summed E-state index contributed by atoms with van der Waals surface area (Å²) in [6.45, 7) is 15.5. The third-order valence-electron chi connectivity index (χ3n) is 5.89. The quantitative estimate of drug-likeness (QED) is 0.314. The molecule has 0 atom stereocenters. The molecule has 0 radical (unpaired) electrons. The van der Waals surface area contributed by atoms with Crippen LogP contribution in [0.2, 0.25) is 0 Å². The summed E-state index contributed by atoms with van der Waals surface area (Å²) in [6, 6.07) is 22.1. The van der Waals surface area contributed by atoms with Crippen molar-refractivity contribution in [2.24, 2.45) is 5.92 Å². The Kier molecular flexibility index (Phi) is 13.3. The van der Waals surface area contributed by atoms with Crippen molar-refractivity contribution >= 4 is 17.3 Å². The highest BCUT2D eigenvalue weighted by atomic mass is 16.1. The third kappa shape index (κ3) is 10.9. The highest BCUT2D eigenvalue weighted by Crippen LogP contribution is 2.16. The Bertz CT molecular complexity index is 1080. The van der Waals surface area contributed by atoms with E-state index in [1.54, 1.807) is 19.1 Å². The zero-order valence-electron chi connectivity index (χ0n) is 23.3. The number of hydrogen-bond acceptors (Lipinski definition) is 3. The molecule has 0 aliphatic heterocycles. The van der Waals surface area contributed by atoms with Crippen LogP contribution in [0.4, 0.5) is 0 Å². The normalized spacial score (nSPS) is 10.0. The van der Waals surface area contributed by atoms with E-state index >= 15 is 0 Å². The molecule has 0 unspecified atom stereocenters. The van der Waals surface area contributed by atoms with Gasteiger partial charge in [-0.1, -0.05) is 99.8 Å². The maximum atomic E-state index is 11.6. The van der Waals surface area contributed by atoms with Crippen molar-refractivity contribution in [1.29, 1.82) is 0 Å². The predicted octanol–water partition coefficient (Wildman–Crippen LogP) is 8.63. The fraction of sp³-hybridized carbons (Fsp3) is 0.364. The van der Waals surface area contributed by atoms with Crippen molar-refractivity contribution in [3.8, 4) is 0 Å². The molecule has 0 spiro atoms. The number of carbonyl (C=O) groups excluding carboxylic acids is 3. The molecular weight excluding hydrogens is 444 g/mol. The summed E-state index contributed by atoms with van der Waals surface area (Å²) < 4.78 is 0. The number of hydrogen-bond donors (Lipinski definition) is 0. The molecule has 192 valence electrons. The average Bonchev–Trinajstić information content (AvgIpc) is 2.86. The molecule has 0 aromatic heterocycles. The number of carbonyl (C=O) groups is 3. The minimum Gasteiger partial charge on any atom is -0.295 e. The van der Waals surface area contributed by atoms with Gasteiger partial charge in [0.2, 0.25) is 0 Å². The predicted molar refractivity (Wildman–Crippen MR) is 151 cm³/mol. The Balaban J connectivity index is 0.000000304. The second kappa shape index (κ2) is 15.6. The minimum atomic E-state index is -0.195. The van der Waals surface area contributed by atoms with Crippen molar-refractivity contribution in [2.75, 3.05) is 0 Å². The van der Waals surface area contributed by atoms with E-state index in [2.05, 4.69) is 83.1 Å². The fourth-order valence-electron chi connectivity index (χ4n) is 3.14. The molecule has 3 aromatic carbocycles. The Labute approximate surface area is 218 Å². The molecule has 3 heteroatoms. The molecule has 0 aliphatic carbocycles. The van der Waals surface area contributed by atoms with Crippen LogP contribution in [0, 0.1) is 19.8 Å². The van der Waals surface area contributed by atoms with E-state index in [9.17, 15) is 14.4 Å². The van der Waals surface area contributed by atoms with Crippen LogP contribution in [-0.2, 0) is 6.42 Å².